The summed E-state index contributed by atoms with van der Waals surface area (Å²) in [6, 6.07) is 0. The number of carbonyl (C=O) groups is 2. The monoisotopic (exact) mass is 456 g/mol. The van der Waals surface area contributed by atoms with Crippen molar-refractivity contribution in [3.8, 4) is 0 Å². The van der Waals surface area contributed by atoms with E-state index in [1.165, 1.54) is 103 Å². The third-order valence-electron chi connectivity index (χ3n) is 5.74. The van der Waals surface area contributed by atoms with Crippen LogP contribution in [-0.4, -0.2) is 23.7 Å². The third kappa shape index (κ3) is 33.6. The summed E-state index contributed by atoms with van der Waals surface area (Å²) < 4.78 is 5.28. The summed E-state index contributed by atoms with van der Waals surface area (Å²) in [5.41, 5.74) is 0. The van der Waals surface area contributed by atoms with E-state index in [-0.39, 0.29) is 5.97 Å². The smallest absolute Gasteiger partial charge is 0.305 e. The normalized spacial score (nSPS) is 10.5. The van der Waals surface area contributed by atoms with Gasteiger partial charge in [0, 0.05) is 12.8 Å². The lowest BCUT2D eigenvalue weighted by Gasteiger charge is -2.05. The van der Waals surface area contributed by atoms with Gasteiger partial charge in [-0.05, 0) is 19.3 Å². The van der Waals surface area contributed by atoms with E-state index in [0.717, 1.165) is 25.7 Å². The van der Waals surface area contributed by atoms with Gasteiger partial charge in [0.25, 0.3) is 0 Å². The molecular weight excluding hydrogens is 400 g/mol. The van der Waals surface area contributed by atoms with Crippen molar-refractivity contribution in [1.29, 1.82) is 0 Å². The molecule has 0 amide bonds. The van der Waals surface area contributed by atoms with Crippen LogP contribution in [0.2, 0.25) is 0 Å². The minimum Gasteiger partial charge on any atom is -0.481 e. The molecule has 4 nitrogen and oxygen atoms in total. The van der Waals surface area contributed by atoms with Crippen LogP contribution in [0.1, 0.15) is 162 Å². The van der Waals surface area contributed by atoms with E-state index in [9.17, 15) is 9.59 Å². The van der Waals surface area contributed by atoms with Crippen LogP contribution in [0, 0.1) is 0 Å². The summed E-state index contributed by atoms with van der Waals surface area (Å²) >= 11 is 0. The first-order chi connectivity index (χ1) is 15.6. The van der Waals surface area contributed by atoms with Crippen LogP contribution in [0.5, 0.6) is 0 Å². The molecule has 0 fully saturated rings. The van der Waals surface area contributed by atoms with Crippen molar-refractivity contribution in [2.45, 2.75) is 162 Å². The molecule has 0 bridgehead atoms. The summed E-state index contributed by atoms with van der Waals surface area (Å²) in [4.78, 5) is 21.6. The van der Waals surface area contributed by atoms with Crippen LogP contribution >= 0.6 is 0 Å². The zero-order valence-electron chi connectivity index (χ0n) is 21.9. The first kappa shape index (κ1) is 33.1. The number of carboxylic acids is 1. The Morgan fingerprint density at radius 3 is 1.25 bits per heavy atom. The predicted octanol–water partition coefficient (Wildman–Crippen LogP) is 9.24. The Hall–Kier alpha value is -1.06. The van der Waals surface area contributed by atoms with Gasteiger partial charge in [-0.3, -0.25) is 9.59 Å². The number of hydrogen-bond donors (Lipinski definition) is 1. The lowest BCUT2D eigenvalue weighted by Crippen LogP contribution is -2.05. The molecule has 1 N–H and O–H groups in total. The van der Waals surface area contributed by atoms with E-state index >= 15 is 0 Å². The van der Waals surface area contributed by atoms with Gasteiger partial charge >= 0.3 is 11.9 Å². The fourth-order valence-electron chi connectivity index (χ4n) is 3.60. The van der Waals surface area contributed by atoms with Gasteiger partial charge in [-0.15, -0.1) is 0 Å². The summed E-state index contributed by atoms with van der Waals surface area (Å²) in [5.74, 6) is -0.659. The van der Waals surface area contributed by atoms with E-state index in [1.54, 1.807) is 0 Å². The van der Waals surface area contributed by atoms with E-state index in [2.05, 4.69) is 20.8 Å². The van der Waals surface area contributed by atoms with Gasteiger partial charge in [0.05, 0.1) is 6.61 Å². The van der Waals surface area contributed by atoms with Crippen LogP contribution in [0.4, 0.5) is 0 Å². The predicted molar refractivity (Wildman–Crippen MR) is 137 cm³/mol. The zero-order chi connectivity index (χ0) is 24.1. The van der Waals surface area contributed by atoms with Crippen LogP contribution in [0.15, 0.2) is 0 Å². The Balaban J connectivity index is 0. The van der Waals surface area contributed by atoms with Crippen LogP contribution in [-0.2, 0) is 14.3 Å². The Kier molecular flexibility index (Phi) is 31.0. The number of hydrogen-bond acceptors (Lipinski definition) is 3. The van der Waals surface area contributed by atoms with Crippen molar-refractivity contribution in [3.63, 3.8) is 0 Å². The van der Waals surface area contributed by atoms with Crippen molar-refractivity contribution in [1.82, 2.24) is 0 Å². The van der Waals surface area contributed by atoms with Crippen LogP contribution in [0.25, 0.3) is 0 Å². The Morgan fingerprint density at radius 2 is 0.844 bits per heavy atom. The summed E-state index contributed by atoms with van der Waals surface area (Å²) in [7, 11) is 0. The third-order valence-corrected chi connectivity index (χ3v) is 5.74. The summed E-state index contributed by atoms with van der Waals surface area (Å²) in [6.07, 6.45) is 25.6. The molecule has 0 unspecified atom stereocenters. The molecule has 0 aliphatic heterocycles. The average Bonchev–Trinajstić information content (AvgIpc) is 2.77. The molecule has 0 aliphatic rings. The highest BCUT2D eigenvalue weighted by Crippen LogP contribution is 2.11. The molecule has 0 atom stereocenters. The van der Waals surface area contributed by atoms with Gasteiger partial charge in [0.15, 0.2) is 0 Å². The Bertz CT molecular complexity index is 382. The molecule has 0 aromatic heterocycles. The number of ether oxygens (including phenoxy) is 1. The van der Waals surface area contributed by atoms with Crippen molar-refractivity contribution in [3.05, 3.63) is 0 Å². The second kappa shape index (κ2) is 29.9. The standard InChI is InChI=1S/C20H40O2.C8H16O2/c1-3-5-7-9-11-12-13-14-16-18-20(21)22-19-17-15-10-8-6-4-2;1-2-3-4-5-6-7-8(9)10/h3-19H2,1-2H3;2-7H2,1H3,(H,9,10). The van der Waals surface area contributed by atoms with Gasteiger partial charge in [-0.2, -0.15) is 0 Å². The highest BCUT2D eigenvalue weighted by atomic mass is 16.5. The molecule has 0 aromatic rings. The van der Waals surface area contributed by atoms with Crippen LogP contribution in [0.3, 0.4) is 0 Å². The maximum Gasteiger partial charge on any atom is 0.305 e. The number of unbranched alkanes of at least 4 members (excludes halogenated alkanes) is 17. The molecule has 0 aromatic carbocycles. The van der Waals surface area contributed by atoms with Gasteiger partial charge in [-0.1, -0.05) is 130 Å². The second-order valence-corrected chi connectivity index (χ2v) is 9.12. The maximum atomic E-state index is 11.6. The fraction of sp³-hybridized carbons (Fsp3) is 0.929. The van der Waals surface area contributed by atoms with E-state index in [0.29, 0.717) is 19.4 Å². The minimum atomic E-state index is -0.670. The molecule has 4 heteroatoms. The highest BCUT2D eigenvalue weighted by Gasteiger charge is 2.02. The number of carbonyl (C=O) groups excluding carboxylic acids is 1. The summed E-state index contributed by atoms with van der Waals surface area (Å²) in [6.45, 7) is 7.26. The van der Waals surface area contributed by atoms with E-state index in [1.807, 2.05) is 0 Å². The van der Waals surface area contributed by atoms with Gasteiger partial charge < -0.3 is 9.84 Å². The molecule has 0 rings (SSSR count). The molecule has 0 spiro atoms. The number of carboxylic acid groups (broad SMARTS) is 1. The molecule has 0 saturated carbocycles. The molecule has 0 radical (unpaired) electrons. The average molecular weight is 457 g/mol. The van der Waals surface area contributed by atoms with Gasteiger partial charge in [0.1, 0.15) is 0 Å². The first-order valence-electron chi connectivity index (χ1n) is 14.0. The lowest BCUT2D eigenvalue weighted by molar-refractivity contribution is -0.144. The first-order valence-corrected chi connectivity index (χ1v) is 14.0. The van der Waals surface area contributed by atoms with Crippen molar-refractivity contribution < 1.29 is 19.4 Å². The topological polar surface area (TPSA) is 63.6 Å². The second-order valence-electron chi connectivity index (χ2n) is 9.12. The quantitative estimate of drug-likeness (QED) is 0.123. The number of esters is 1. The molecule has 0 aliphatic carbocycles. The number of rotatable bonds is 23. The van der Waals surface area contributed by atoms with Crippen molar-refractivity contribution in [2.75, 3.05) is 6.61 Å². The Morgan fingerprint density at radius 1 is 0.500 bits per heavy atom. The maximum absolute atomic E-state index is 11.6. The Labute approximate surface area is 200 Å². The SMILES string of the molecule is CCCCCCCC(=O)O.CCCCCCCCCCCC(=O)OCCCCCCCC. The fourth-order valence-corrected chi connectivity index (χ4v) is 3.60. The zero-order valence-corrected chi connectivity index (χ0v) is 21.9. The molecule has 0 heterocycles. The molecular formula is C28H56O4. The van der Waals surface area contributed by atoms with Gasteiger partial charge in [-0.25, -0.2) is 0 Å². The van der Waals surface area contributed by atoms with E-state index < -0.39 is 5.97 Å². The lowest BCUT2D eigenvalue weighted by atomic mass is 10.1. The van der Waals surface area contributed by atoms with Crippen molar-refractivity contribution in [2.24, 2.45) is 0 Å². The van der Waals surface area contributed by atoms with E-state index in [4.69, 9.17) is 9.84 Å². The molecule has 0 saturated heterocycles. The van der Waals surface area contributed by atoms with Gasteiger partial charge in [0.2, 0.25) is 0 Å². The number of aliphatic carboxylic acids is 1. The molecule has 192 valence electrons. The van der Waals surface area contributed by atoms with Crippen molar-refractivity contribution >= 4 is 11.9 Å². The highest BCUT2D eigenvalue weighted by molar-refractivity contribution is 5.69. The molecule has 32 heavy (non-hydrogen) atoms. The largest absolute Gasteiger partial charge is 0.481 e. The van der Waals surface area contributed by atoms with Crippen LogP contribution < -0.4 is 0 Å². The summed E-state index contributed by atoms with van der Waals surface area (Å²) in [5, 5.41) is 8.27. The minimum absolute atomic E-state index is 0.0107.